The number of hydrogen-bond donors (Lipinski definition) is 2. The van der Waals surface area contributed by atoms with Gasteiger partial charge in [0.2, 0.25) is 5.91 Å². The van der Waals surface area contributed by atoms with Gasteiger partial charge in [0, 0.05) is 42.7 Å². The molecule has 1 aromatic carbocycles. The van der Waals surface area contributed by atoms with Crippen LogP contribution in [-0.2, 0) is 11.3 Å². The summed E-state index contributed by atoms with van der Waals surface area (Å²) in [5.74, 6) is 2.52. The average Bonchev–Trinajstić information content (AvgIpc) is 3.30. The van der Waals surface area contributed by atoms with Gasteiger partial charge in [-0.1, -0.05) is 37.5 Å². The van der Waals surface area contributed by atoms with Crippen LogP contribution in [0.3, 0.4) is 0 Å². The van der Waals surface area contributed by atoms with Crippen LogP contribution >= 0.6 is 0 Å². The number of piperidine rings is 1. The highest BCUT2D eigenvalue weighted by molar-refractivity contribution is 5.87. The highest BCUT2D eigenvalue weighted by Crippen LogP contribution is 2.32. The van der Waals surface area contributed by atoms with Crippen molar-refractivity contribution in [3.63, 3.8) is 0 Å². The number of aromatic amines is 1. The molecule has 2 fully saturated rings. The predicted molar refractivity (Wildman–Crippen MR) is 129 cm³/mol. The van der Waals surface area contributed by atoms with Gasteiger partial charge in [0.1, 0.15) is 5.75 Å². The summed E-state index contributed by atoms with van der Waals surface area (Å²) >= 11 is 0. The molecule has 0 spiro atoms. The Balaban J connectivity index is 1.27. The molecule has 2 aromatic heterocycles. The molecule has 1 saturated heterocycles. The van der Waals surface area contributed by atoms with Crippen molar-refractivity contribution < 1.29 is 9.53 Å². The number of amides is 1. The summed E-state index contributed by atoms with van der Waals surface area (Å²) in [7, 11) is 1.68. The molecule has 2 N–H and O–H groups in total. The number of para-hydroxylation sites is 1. The third-order valence-corrected chi connectivity index (χ3v) is 7.19. The van der Waals surface area contributed by atoms with E-state index < -0.39 is 0 Å². The molecule has 7 heteroatoms. The fourth-order valence-corrected chi connectivity index (χ4v) is 5.34. The standard InChI is InChI=1S/C26H33N5O2/c1-33-23-12-6-5-10-19(23)16-27-24-21-13-14-22(28-25(21)30-29-24)20-11-7-15-31(17-20)26(32)18-8-3-2-4-9-18/h5-6,10,12-14,18,20H,2-4,7-9,11,15-17H2,1H3,(H2,27,28,29,30). The smallest absolute Gasteiger partial charge is 0.225 e. The summed E-state index contributed by atoms with van der Waals surface area (Å²) in [6.45, 7) is 2.28. The van der Waals surface area contributed by atoms with Crippen LogP contribution in [-0.4, -0.2) is 46.2 Å². The van der Waals surface area contributed by atoms with Crippen molar-refractivity contribution >= 4 is 22.8 Å². The number of rotatable bonds is 6. The predicted octanol–water partition coefficient (Wildman–Crippen LogP) is 4.86. The number of carbonyl (C=O) groups is 1. The molecule has 2 aliphatic rings. The molecule has 3 heterocycles. The van der Waals surface area contributed by atoms with Crippen molar-refractivity contribution in [1.82, 2.24) is 20.1 Å². The lowest BCUT2D eigenvalue weighted by Gasteiger charge is -2.35. The number of carbonyl (C=O) groups excluding carboxylic acids is 1. The fourth-order valence-electron chi connectivity index (χ4n) is 5.34. The van der Waals surface area contributed by atoms with Gasteiger partial charge >= 0.3 is 0 Å². The highest BCUT2D eigenvalue weighted by Gasteiger charge is 2.31. The molecule has 33 heavy (non-hydrogen) atoms. The Hall–Kier alpha value is -3.09. The number of hydrogen-bond acceptors (Lipinski definition) is 5. The number of likely N-dealkylation sites (tertiary alicyclic amines) is 1. The Morgan fingerprint density at radius 3 is 2.82 bits per heavy atom. The number of anilines is 1. The largest absolute Gasteiger partial charge is 0.496 e. The molecule has 0 bridgehead atoms. The molecular weight excluding hydrogens is 414 g/mol. The van der Waals surface area contributed by atoms with E-state index in [2.05, 4.69) is 32.5 Å². The first-order valence-corrected chi connectivity index (χ1v) is 12.2. The Labute approximate surface area is 194 Å². The van der Waals surface area contributed by atoms with E-state index in [0.29, 0.717) is 12.5 Å². The summed E-state index contributed by atoms with van der Waals surface area (Å²) in [6, 6.07) is 12.2. The number of nitrogens with one attached hydrogen (secondary N) is 2. The number of aromatic nitrogens is 3. The zero-order chi connectivity index (χ0) is 22.6. The maximum atomic E-state index is 13.1. The molecule has 1 aliphatic carbocycles. The number of nitrogens with zero attached hydrogens (tertiary/aromatic N) is 3. The van der Waals surface area contributed by atoms with Gasteiger partial charge in [-0.05, 0) is 43.9 Å². The van der Waals surface area contributed by atoms with Crippen LogP contribution in [0.4, 0.5) is 5.82 Å². The van der Waals surface area contributed by atoms with Crippen LogP contribution in [0.5, 0.6) is 5.75 Å². The van der Waals surface area contributed by atoms with Gasteiger partial charge in [-0.15, -0.1) is 0 Å². The number of methoxy groups -OCH3 is 1. The van der Waals surface area contributed by atoms with E-state index in [4.69, 9.17) is 9.72 Å². The topological polar surface area (TPSA) is 83.1 Å². The van der Waals surface area contributed by atoms with Gasteiger partial charge in [-0.25, -0.2) is 4.98 Å². The van der Waals surface area contributed by atoms with Gasteiger partial charge in [-0.2, -0.15) is 5.10 Å². The molecule has 174 valence electrons. The van der Waals surface area contributed by atoms with Gasteiger partial charge in [0.15, 0.2) is 11.5 Å². The fraction of sp³-hybridized carbons (Fsp3) is 0.500. The van der Waals surface area contributed by atoms with Crippen molar-refractivity contribution in [2.24, 2.45) is 5.92 Å². The summed E-state index contributed by atoms with van der Waals surface area (Å²) in [5, 5.41) is 11.9. The number of benzene rings is 1. The minimum atomic E-state index is 0.234. The molecule has 3 aromatic rings. The SMILES string of the molecule is COc1ccccc1CNc1n[nH]c2nc(C3CCCN(C(=O)C4CCCCC4)C3)ccc12. The van der Waals surface area contributed by atoms with E-state index in [0.717, 1.165) is 72.6 Å². The zero-order valence-electron chi connectivity index (χ0n) is 19.3. The average molecular weight is 448 g/mol. The number of fused-ring (bicyclic) bond motifs is 1. The quantitative estimate of drug-likeness (QED) is 0.564. The maximum absolute atomic E-state index is 13.1. The monoisotopic (exact) mass is 447 g/mol. The van der Waals surface area contributed by atoms with Crippen molar-refractivity contribution in [3.8, 4) is 5.75 Å². The zero-order valence-corrected chi connectivity index (χ0v) is 19.3. The summed E-state index contributed by atoms with van der Waals surface area (Å²) in [4.78, 5) is 20.0. The lowest BCUT2D eigenvalue weighted by atomic mass is 9.86. The van der Waals surface area contributed by atoms with Crippen LogP contribution < -0.4 is 10.1 Å². The minimum absolute atomic E-state index is 0.234. The number of pyridine rings is 1. The third kappa shape index (κ3) is 4.68. The number of ether oxygens (including phenoxy) is 1. The Kier molecular flexibility index (Phi) is 6.46. The van der Waals surface area contributed by atoms with E-state index in [1.54, 1.807) is 7.11 Å². The Morgan fingerprint density at radius 2 is 1.97 bits per heavy atom. The van der Waals surface area contributed by atoms with E-state index in [1.165, 1.54) is 19.3 Å². The van der Waals surface area contributed by atoms with Crippen molar-refractivity contribution in [2.75, 3.05) is 25.5 Å². The number of H-pyrrole nitrogens is 1. The molecule has 1 unspecified atom stereocenters. The molecule has 7 nitrogen and oxygen atoms in total. The molecule has 0 radical (unpaired) electrons. The summed E-state index contributed by atoms with van der Waals surface area (Å²) in [6.07, 6.45) is 7.89. The lowest BCUT2D eigenvalue weighted by molar-refractivity contribution is -0.137. The molecule has 5 rings (SSSR count). The molecule has 1 atom stereocenters. The van der Waals surface area contributed by atoms with Crippen LogP contribution in [0.15, 0.2) is 36.4 Å². The Morgan fingerprint density at radius 1 is 1.12 bits per heavy atom. The van der Waals surface area contributed by atoms with E-state index in [-0.39, 0.29) is 11.8 Å². The first-order valence-electron chi connectivity index (χ1n) is 12.2. The van der Waals surface area contributed by atoms with Gasteiger partial charge in [0.05, 0.1) is 12.5 Å². The minimum Gasteiger partial charge on any atom is -0.496 e. The molecular formula is C26H33N5O2. The van der Waals surface area contributed by atoms with Crippen LogP contribution in [0.25, 0.3) is 11.0 Å². The second-order valence-electron chi connectivity index (χ2n) is 9.33. The second kappa shape index (κ2) is 9.81. The first-order chi connectivity index (χ1) is 16.2. The second-order valence-corrected chi connectivity index (χ2v) is 9.33. The van der Waals surface area contributed by atoms with Crippen molar-refractivity contribution in [2.45, 2.75) is 57.4 Å². The van der Waals surface area contributed by atoms with Crippen LogP contribution in [0, 0.1) is 5.92 Å². The van der Waals surface area contributed by atoms with Crippen molar-refractivity contribution in [3.05, 3.63) is 47.7 Å². The molecule has 1 aliphatic heterocycles. The normalized spacial score (nSPS) is 19.5. The molecule has 1 saturated carbocycles. The maximum Gasteiger partial charge on any atom is 0.225 e. The van der Waals surface area contributed by atoms with Crippen LogP contribution in [0.2, 0.25) is 0 Å². The van der Waals surface area contributed by atoms with Crippen LogP contribution in [0.1, 0.15) is 62.1 Å². The summed E-state index contributed by atoms with van der Waals surface area (Å²) in [5.41, 5.74) is 2.90. The van der Waals surface area contributed by atoms with Crippen molar-refractivity contribution in [1.29, 1.82) is 0 Å². The van der Waals surface area contributed by atoms with E-state index in [1.807, 2.05) is 24.3 Å². The van der Waals surface area contributed by atoms with E-state index >= 15 is 0 Å². The lowest BCUT2D eigenvalue weighted by Crippen LogP contribution is -2.43. The first kappa shape index (κ1) is 21.7. The van der Waals surface area contributed by atoms with E-state index in [9.17, 15) is 4.79 Å². The Bertz CT molecular complexity index is 1110. The summed E-state index contributed by atoms with van der Waals surface area (Å²) < 4.78 is 5.44. The molecule has 1 amide bonds. The third-order valence-electron chi connectivity index (χ3n) is 7.19. The van der Waals surface area contributed by atoms with Gasteiger partial charge in [0.25, 0.3) is 0 Å². The van der Waals surface area contributed by atoms with Gasteiger partial charge in [-0.3, -0.25) is 9.89 Å². The van der Waals surface area contributed by atoms with Gasteiger partial charge < -0.3 is 15.0 Å². The highest BCUT2D eigenvalue weighted by atomic mass is 16.5.